The molecule has 0 aromatic heterocycles. The Balaban J connectivity index is 2.31. The molecule has 3 nitrogen and oxygen atoms in total. The number of benzene rings is 1. The highest BCUT2D eigenvalue weighted by atomic mass is 19.1. The zero-order chi connectivity index (χ0) is 12.5. The summed E-state index contributed by atoms with van der Waals surface area (Å²) in [5.74, 6) is -1.27. The van der Waals surface area contributed by atoms with E-state index >= 15 is 0 Å². The van der Waals surface area contributed by atoms with Crippen molar-refractivity contribution in [2.24, 2.45) is 5.41 Å². The lowest BCUT2D eigenvalue weighted by Gasteiger charge is -2.27. The molecule has 1 aliphatic heterocycles. The number of carboxylic acid groups (broad SMARTS) is 1. The monoisotopic (exact) mass is 238 g/mol. The predicted octanol–water partition coefficient (Wildman–Crippen LogP) is 2.25. The zero-order valence-electron chi connectivity index (χ0n) is 9.65. The molecule has 0 radical (unpaired) electrons. The van der Waals surface area contributed by atoms with Crippen LogP contribution in [0.5, 0.6) is 0 Å². The Hall–Kier alpha value is -1.42. The normalized spacial score (nSPS) is 28.2. The number of carbonyl (C=O) groups is 1. The van der Waals surface area contributed by atoms with E-state index in [2.05, 4.69) is 0 Å². The first kappa shape index (κ1) is 12.0. The van der Waals surface area contributed by atoms with E-state index < -0.39 is 11.4 Å². The molecule has 1 aromatic carbocycles. The van der Waals surface area contributed by atoms with Crippen molar-refractivity contribution < 1.29 is 19.0 Å². The molecule has 92 valence electrons. The Kier molecular flexibility index (Phi) is 3.15. The first-order valence-electron chi connectivity index (χ1n) is 5.65. The molecule has 0 bridgehead atoms. The predicted molar refractivity (Wildman–Crippen MR) is 60.2 cm³/mol. The number of hydrogen-bond donors (Lipinski definition) is 1. The van der Waals surface area contributed by atoms with Crippen LogP contribution in [-0.2, 0) is 16.0 Å². The highest BCUT2D eigenvalue weighted by molar-refractivity contribution is 5.76. The minimum atomic E-state index is -0.998. The van der Waals surface area contributed by atoms with Gasteiger partial charge in [0, 0.05) is 6.61 Å². The Labute approximate surface area is 99.2 Å². The van der Waals surface area contributed by atoms with Gasteiger partial charge in [0.2, 0.25) is 0 Å². The summed E-state index contributed by atoms with van der Waals surface area (Å²) in [7, 11) is 0. The van der Waals surface area contributed by atoms with E-state index in [9.17, 15) is 14.3 Å². The maximum absolute atomic E-state index is 13.6. The smallest absolute Gasteiger partial charge is 0.312 e. The van der Waals surface area contributed by atoms with Crippen molar-refractivity contribution in [3.63, 3.8) is 0 Å². The highest BCUT2D eigenvalue weighted by Gasteiger charge is 2.48. The molecule has 0 amide bonds. The van der Waals surface area contributed by atoms with Crippen LogP contribution in [0.4, 0.5) is 4.39 Å². The number of rotatable bonds is 3. The van der Waals surface area contributed by atoms with E-state index in [1.807, 2.05) is 0 Å². The molecule has 1 N–H and O–H groups in total. The minimum Gasteiger partial charge on any atom is -0.481 e. The average Bonchev–Trinajstić information content (AvgIpc) is 2.65. The summed E-state index contributed by atoms with van der Waals surface area (Å²) in [5.41, 5.74) is -0.561. The molecule has 2 rings (SSSR count). The van der Waals surface area contributed by atoms with Gasteiger partial charge in [0.15, 0.2) is 0 Å². The van der Waals surface area contributed by atoms with Crippen molar-refractivity contribution in [1.82, 2.24) is 0 Å². The van der Waals surface area contributed by atoms with Crippen LogP contribution in [0.25, 0.3) is 0 Å². The molecule has 0 aliphatic carbocycles. The average molecular weight is 238 g/mol. The molecule has 17 heavy (non-hydrogen) atoms. The Bertz CT molecular complexity index is 432. The van der Waals surface area contributed by atoms with Gasteiger partial charge in [-0.25, -0.2) is 4.39 Å². The molecule has 1 aromatic rings. The lowest BCUT2D eigenvalue weighted by Crippen LogP contribution is -2.39. The second-order valence-corrected chi connectivity index (χ2v) is 4.49. The van der Waals surface area contributed by atoms with Crippen molar-refractivity contribution in [2.45, 2.75) is 25.9 Å². The van der Waals surface area contributed by atoms with Crippen molar-refractivity contribution >= 4 is 5.97 Å². The highest BCUT2D eigenvalue weighted by Crippen LogP contribution is 2.39. The maximum atomic E-state index is 13.6. The van der Waals surface area contributed by atoms with Gasteiger partial charge in [-0.3, -0.25) is 4.79 Å². The summed E-state index contributed by atoms with van der Waals surface area (Å²) in [5, 5.41) is 9.38. The van der Waals surface area contributed by atoms with Gasteiger partial charge in [0.25, 0.3) is 0 Å². The van der Waals surface area contributed by atoms with Gasteiger partial charge in [-0.05, 0) is 31.4 Å². The van der Waals surface area contributed by atoms with Crippen LogP contribution in [0.15, 0.2) is 24.3 Å². The minimum absolute atomic E-state index is 0.177. The molecule has 1 aliphatic rings. The molecule has 2 atom stereocenters. The van der Waals surface area contributed by atoms with Crippen LogP contribution in [0, 0.1) is 11.2 Å². The number of halogens is 1. The lowest BCUT2D eigenvalue weighted by molar-refractivity contribution is -0.151. The third kappa shape index (κ3) is 2.05. The Morgan fingerprint density at radius 3 is 2.82 bits per heavy atom. The first-order valence-corrected chi connectivity index (χ1v) is 5.65. The van der Waals surface area contributed by atoms with E-state index in [-0.39, 0.29) is 18.3 Å². The summed E-state index contributed by atoms with van der Waals surface area (Å²) in [4.78, 5) is 11.4. The van der Waals surface area contributed by atoms with E-state index in [0.717, 1.165) is 0 Å². The van der Waals surface area contributed by atoms with Crippen LogP contribution in [-0.4, -0.2) is 23.8 Å². The van der Waals surface area contributed by atoms with E-state index in [1.165, 1.54) is 6.07 Å². The fourth-order valence-corrected chi connectivity index (χ4v) is 2.35. The van der Waals surface area contributed by atoms with E-state index in [0.29, 0.717) is 18.6 Å². The number of hydrogen-bond acceptors (Lipinski definition) is 2. The largest absolute Gasteiger partial charge is 0.481 e. The summed E-state index contributed by atoms with van der Waals surface area (Å²) in [6.07, 6.45) is 0.216. The Morgan fingerprint density at radius 2 is 2.29 bits per heavy atom. The third-order valence-electron chi connectivity index (χ3n) is 3.58. The van der Waals surface area contributed by atoms with Crippen LogP contribution in [0.1, 0.15) is 18.9 Å². The van der Waals surface area contributed by atoms with E-state index in [4.69, 9.17) is 4.74 Å². The van der Waals surface area contributed by atoms with Gasteiger partial charge >= 0.3 is 5.97 Å². The van der Waals surface area contributed by atoms with Gasteiger partial charge in [0.05, 0.1) is 11.5 Å². The van der Waals surface area contributed by atoms with Crippen LogP contribution >= 0.6 is 0 Å². The summed E-state index contributed by atoms with van der Waals surface area (Å²) in [6.45, 7) is 2.16. The first-order chi connectivity index (χ1) is 8.06. The third-order valence-corrected chi connectivity index (χ3v) is 3.58. The SMILES string of the molecule is CC1OCCC1(Cc1ccccc1F)C(=O)O. The standard InChI is InChI=1S/C13H15FO3/c1-9-13(12(15)16,6-7-17-9)8-10-4-2-3-5-11(10)14/h2-5,9H,6-8H2,1H3,(H,15,16). The van der Waals surface area contributed by atoms with Gasteiger partial charge in [-0.2, -0.15) is 0 Å². The molecule has 1 saturated heterocycles. The topological polar surface area (TPSA) is 46.5 Å². The fraction of sp³-hybridized carbons (Fsp3) is 0.462. The molecule has 4 heteroatoms. The van der Waals surface area contributed by atoms with Crippen molar-refractivity contribution in [2.75, 3.05) is 6.61 Å². The zero-order valence-corrected chi connectivity index (χ0v) is 9.65. The van der Waals surface area contributed by atoms with Crippen LogP contribution < -0.4 is 0 Å². The van der Waals surface area contributed by atoms with Crippen molar-refractivity contribution in [3.05, 3.63) is 35.6 Å². The van der Waals surface area contributed by atoms with Crippen LogP contribution in [0.2, 0.25) is 0 Å². The van der Waals surface area contributed by atoms with Gasteiger partial charge in [0.1, 0.15) is 5.82 Å². The fourth-order valence-electron chi connectivity index (χ4n) is 2.35. The molecule has 1 fully saturated rings. The van der Waals surface area contributed by atoms with Gasteiger partial charge in [-0.1, -0.05) is 18.2 Å². The van der Waals surface area contributed by atoms with Gasteiger partial charge < -0.3 is 9.84 Å². The van der Waals surface area contributed by atoms with Crippen molar-refractivity contribution in [3.8, 4) is 0 Å². The second kappa shape index (κ2) is 4.45. The molecular formula is C13H15FO3. The van der Waals surface area contributed by atoms with Crippen molar-refractivity contribution in [1.29, 1.82) is 0 Å². The molecular weight excluding hydrogens is 223 g/mol. The lowest BCUT2D eigenvalue weighted by atomic mass is 9.76. The van der Waals surface area contributed by atoms with E-state index in [1.54, 1.807) is 25.1 Å². The number of carboxylic acids is 1. The second-order valence-electron chi connectivity index (χ2n) is 4.49. The summed E-state index contributed by atoms with van der Waals surface area (Å²) < 4.78 is 18.9. The van der Waals surface area contributed by atoms with Gasteiger partial charge in [-0.15, -0.1) is 0 Å². The Morgan fingerprint density at radius 1 is 1.59 bits per heavy atom. The molecule has 0 saturated carbocycles. The molecule has 1 heterocycles. The summed E-state index contributed by atoms with van der Waals surface area (Å²) >= 11 is 0. The quantitative estimate of drug-likeness (QED) is 0.878. The molecule has 0 spiro atoms. The number of ether oxygens (including phenoxy) is 1. The number of aliphatic carboxylic acids is 1. The summed E-state index contributed by atoms with van der Waals surface area (Å²) in [6, 6.07) is 6.30. The maximum Gasteiger partial charge on any atom is 0.312 e. The van der Waals surface area contributed by atoms with Crippen LogP contribution in [0.3, 0.4) is 0 Å². The molecule has 2 unspecified atom stereocenters.